The number of benzene rings is 1. The average Bonchev–Trinajstić information content (AvgIpc) is 2.28. The lowest BCUT2D eigenvalue weighted by Crippen LogP contribution is -2.50. The smallest absolute Gasteiger partial charge is 0.199 e. The molecule has 0 saturated heterocycles. The monoisotopic (exact) mass is 257 g/mol. The van der Waals surface area contributed by atoms with E-state index >= 15 is 0 Å². The molecule has 0 spiro atoms. The van der Waals surface area contributed by atoms with Crippen molar-refractivity contribution in [1.29, 1.82) is 0 Å². The normalized spacial score (nSPS) is 11.4. The van der Waals surface area contributed by atoms with Crippen LogP contribution in [0.15, 0.2) is 24.3 Å². The standard InChI is InChI=1S/C12H16ClNOS/c1-3-14(4-2,12(15)16)9-10-5-7-11(13)8-6-10/h5-8H,3-4,9H2,1-2H3. The molecule has 0 heterocycles. The molecule has 1 rings (SSSR count). The van der Waals surface area contributed by atoms with E-state index in [-0.39, 0.29) is 5.24 Å². The van der Waals surface area contributed by atoms with E-state index in [1.165, 1.54) is 0 Å². The van der Waals surface area contributed by atoms with Gasteiger partial charge in [-0.2, -0.15) is 0 Å². The Morgan fingerprint density at radius 3 is 2.12 bits per heavy atom. The fraction of sp³-hybridized carbons (Fsp3) is 0.417. The number of amides is 1. The molecule has 0 radical (unpaired) electrons. The van der Waals surface area contributed by atoms with Crippen LogP contribution in [-0.2, 0) is 19.2 Å². The average molecular weight is 258 g/mol. The highest BCUT2D eigenvalue weighted by Crippen LogP contribution is 2.17. The highest BCUT2D eigenvalue weighted by molar-refractivity contribution is 7.76. The molecule has 0 bridgehead atoms. The molecule has 0 N–H and O–H groups in total. The SMILES string of the molecule is CC[N+](CC)(Cc1ccc(Cl)cc1)C(=O)[S-]. The van der Waals surface area contributed by atoms with Crippen LogP contribution in [0.2, 0.25) is 5.02 Å². The van der Waals surface area contributed by atoms with Crippen LogP contribution < -0.4 is 0 Å². The van der Waals surface area contributed by atoms with Gasteiger partial charge in [-0.3, -0.25) is 9.28 Å². The third-order valence-corrected chi connectivity index (χ3v) is 3.64. The first kappa shape index (κ1) is 13.4. The molecule has 0 aliphatic carbocycles. The maximum absolute atomic E-state index is 11.6. The lowest BCUT2D eigenvalue weighted by Gasteiger charge is -2.37. The third-order valence-electron chi connectivity index (χ3n) is 3.00. The van der Waals surface area contributed by atoms with Crippen LogP contribution in [0.3, 0.4) is 0 Å². The zero-order valence-electron chi connectivity index (χ0n) is 9.57. The lowest BCUT2D eigenvalue weighted by atomic mass is 10.2. The van der Waals surface area contributed by atoms with Gasteiger partial charge in [-0.15, -0.1) is 0 Å². The minimum absolute atomic E-state index is 0.194. The van der Waals surface area contributed by atoms with Crippen LogP contribution in [0, 0.1) is 0 Å². The van der Waals surface area contributed by atoms with Crippen molar-refractivity contribution in [3.63, 3.8) is 0 Å². The predicted octanol–water partition coefficient (Wildman–Crippen LogP) is 3.36. The van der Waals surface area contributed by atoms with Crippen molar-refractivity contribution in [2.75, 3.05) is 13.1 Å². The molecular formula is C12H16ClNOS. The molecular weight excluding hydrogens is 242 g/mol. The highest BCUT2D eigenvalue weighted by atomic mass is 35.5. The van der Waals surface area contributed by atoms with Crippen molar-refractivity contribution in [3.05, 3.63) is 34.9 Å². The molecule has 1 aromatic rings. The summed E-state index contributed by atoms with van der Waals surface area (Å²) < 4.78 is 0.316. The van der Waals surface area contributed by atoms with Gasteiger partial charge < -0.3 is 12.6 Å². The summed E-state index contributed by atoms with van der Waals surface area (Å²) >= 11 is 10.7. The number of carbonyl (C=O) groups excluding carboxylic acids is 1. The zero-order chi connectivity index (χ0) is 12.2. The molecule has 0 unspecified atom stereocenters. The summed E-state index contributed by atoms with van der Waals surface area (Å²) in [6, 6.07) is 7.56. The summed E-state index contributed by atoms with van der Waals surface area (Å²) in [5, 5.41) is 0.513. The van der Waals surface area contributed by atoms with Crippen LogP contribution in [0.5, 0.6) is 0 Å². The van der Waals surface area contributed by atoms with Crippen molar-refractivity contribution in [1.82, 2.24) is 0 Å². The fourth-order valence-corrected chi connectivity index (χ4v) is 2.16. The number of rotatable bonds is 4. The Labute approximate surface area is 107 Å². The largest absolute Gasteiger partial charge is 0.675 e. The molecule has 0 aliphatic rings. The van der Waals surface area contributed by atoms with E-state index in [1.807, 2.05) is 38.1 Å². The van der Waals surface area contributed by atoms with Crippen LogP contribution in [0.1, 0.15) is 19.4 Å². The topological polar surface area (TPSA) is 17.1 Å². The minimum Gasteiger partial charge on any atom is -0.675 e. The Kier molecular flexibility index (Phi) is 4.71. The van der Waals surface area contributed by atoms with Crippen molar-refractivity contribution in [3.8, 4) is 0 Å². The Morgan fingerprint density at radius 1 is 1.25 bits per heavy atom. The molecule has 4 heteroatoms. The molecule has 0 aromatic heterocycles. The van der Waals surface area contributed by atoms with Gasteiger partial charge in [-0.1, -0.05) is 23.7 Å². The van der Waals surface area contributed by atoms with Crippen molar-refractivity contribution in [2.45, 2.75) is 20.4 Å². The first-order valence-electron chi connectivity index (χ1n) is 5.36. The summed E-state index contributed by atoms with van der Waals surface area (Å²) in [6.07, 6.45) is 0. The van der Waals surface area contributed by atoms with Crippen LogP contribution in [-0.4, -0.2) is 22.8 Å². The summed E-state index contributed by atoms with van der Waals surface area (Å²) in [6.45, 7) is 6.07. The van der Waals surface area contributed by atoms with Gasteiger partial charge in [0, 0.05) is 10.6 Å². The van der Waals surface area contributed by atoms with Gasteiger partial charge in [0.1, 0.15) is 6.54 Å². The zero-order valence-corrected chi connectivity index (χ0v) is 11.1. The van der Waals surface area contributed by atoms with Gasteiger partial charge in [0.25, 0.3) is 0 Å². The van der Waals surface area contributed by atoms with Gasteiger partial charge in [0.05, 0.1) is 13.1 Å². The van der Waals surface area contributed by atoms with E-state index in [9.17, 15) is 4.79 Å². The van der Waals surface area contributed by atoms with E-state index in [4.69, 9.17) is 24.2 Å². The Morgan fingerprint density at radius 2 is 1.75 bits per heavy atom. The first-order valence-corrected chi connectivity index (χ1v) is 6.14. The summed E-state index contributed by atoms with van der Waals surface area (Å²) in [5.41, 5.74) is 1.09. The molecule has 0 saturated carbocycles. The van der Waals surface area contributed by atoms with Gasteiger partial charge in [-0.25, -0.2) is 0 Å². The molecule has 1 aromatic carbocycles. The first-order chi connectivity index (χ1) is 7.54. The number of halogens is 1. The van der Waals surface area contributed by atoms with Gasteiger partial charge in [-0.05, 0) is 26.0 Å². The molecule has 0 fully saturated rings. The molecule has 2 nitrogen and oxygen atoms in total. The number of hydrogen-bond acceptors (Lipinski definition) is 2. The van der Waals surface area contributed by atoms with Crippen LogP contribution >= 0.6 is 11.6 Å². The van der Waals surface area contributed by atoms with Gasteiger partial charge in [0.2, 0.25) is 0 Å². The maximum Gasteiger partial charge on any atom is 0.199 e. The minimum atomic E-state index is -0.194. The highest BCUT2D eigenvalue weighted by Gasteiger charge is 2.25. The van der Waals surface area contributed by atoms with Crippen LogP contribution in [0.25, 0.3) is 0 Å². The second-order valence-electron chi connectivity index (χ2n) is 3.83. The van der Waals surface area contributed by atoms with E-state index in [0.717, 1.165) is 18.7 Å². The summed E-state index contributed by atoms with van der Waals surface area (Å²) in [4.78, 5) is 11.6. The Balaban J connectivity index is 2.91. The quantitative estimate of drug-likeness (QED) is 0.608. The molecule has 0 atom stereocenters. The summed E-state index contributed by atoms with van der Waals surface area (Å²) in [7, 11) is 0. The van der Waals surface area contributed by atoms with Crippen molar-refractivity contribution >= 4 is 29.5 Å². The molecule has 88 valence electrons. The van der Waals surface area contributed by atoms with E-state index < -0.39 is 0 Å². The van der Waals surface area contributed by atoms with E-state index in [0.29, 0.717) is 16.1 Å². The number of hydrogen-bond donors (Lipinski definition) is 0. The second-order valence-corrected chi connectivity index (χ2v) is 4.61. The molecule has 1 amide bonds. The van der Waals surface area contributed by atoms with Gasteiger partial charge in [0.15, 0.2) is 5.24 Å². The van der Waals surface area contributed by atoms with Crippen molar-refractivity contribution in [2.24, 2.45) is 0 Å². The number of carbonyl (C=O) groups is 1. The second kappa shape index (κ2) is 5.62. The Hall–Kier alpha value is -0.640. The predicted molar refractivity (Wildman–Crippen MR) is 69.3 cm³/mol. The van der Waals surface area contributed by atoms with Crippen LogP contribution in [0.4, 0.5) is 4.79 Å². The lowest BCUT2D eigenvalue weighted by molar-refractivity contribution is -0.854. The Bertz CT molecular complexity index is 360. The maximum atomic E-state index is 11.6. The molecule has 0 aliphatic heterocycles. The van der Waals surface area contributed by atoms with E-state index in [1.54, 1.807) is 0 Å². The van der Waals surface area contributed by atoms with E-state index in [2.05, 4.69) is 0 Å². The number of quaternary nitrogens is 1. The van der Waals surface area contributed by atoms with Gasteiger partial charge >= 0.3 is 0 Å². The van der Waals surface area contributed by atoms with Crippen molar-refractivity contribution < 1.29 is 9.28 Å². The number of nitrogens with zero attached hydrogens (tertiary/aromatic N) is 1. The molecule has 16 heavy (non-hydrogen) atoms. The summed E-state index contributed by atoms with van der Waals surface area (Å²) in [5.74, 6) is 0. The third kappa shape index (κ3) is 2.94. The fourth-order valence-electron chi connectivity index (χ4n) is 1.71.